The van der Waals surface area contributed by atoms with Gasteiger partial charge < -0.3 is 20.4 Å². The smallest absolute Gasteiger partial charge is 0.251 e. The monoisotopic (exact) mass is 491 g/mol. The average Bonchev–Trinajstić information content (AvgIpc) is 3.28. The molecule has 2 heterocycles. The molecule has 1 atom stereocenters. The van der Waals surface area contributed by atoms with E-state index >= 15 is 0 Å². The topological polar surface area (TPSA) is 118 Å². The van der Waals surface area contributed by atoms with E-state index in [1.165, 1.54) is 18.4 Å². The molecule has 0 bridgehead atoms. The first-order valence-corrected chi connectivity index (χ1v) is 12.1. The van der Waals surface area contributed by atoms with Crippen LogP contribution in [0.4, 0.5) is 15.8 Å². The molecule has 1 unspecified atom stereocenters. The number of hydrogen-bond donors (Lipinski definition) is 3. The molecular formula is C22H19ClFN3O5S. The van der Waals surface area contributed by atoms with Gasteiger partial charge in [0.25, 0.3) is 5.91 Å². The molecule has 2 aromatic carbocycles. The quantitative estimate of drug-likeness (QED) is 0.466. The second kappa shape index (κ2) is 9.24. The molecule has 4 rings (SSSR count). The predicted molar refractivity (Wildman–Crippen MR) is 121 cm³/mol. The summed E-state index contributed by atoms with van der Waals surface area (Å²) in [4.78, 5) is 24.9. The van der Waals surface area contributed by atoms with Crippen molar-refractivity contribution < 1.29 is 26.8 Å². The number of nitrogens with one attached hydrogen (secondary N) is 3. The van der Waals surface area contributed by atoms with E-state index in [9.17, 15) is 22.4 Å². The van der Waals surface area contributed by atoms with Crippen LogP contribution in [0.2, 0.25) is 5.02 Å². The van der Waals surface area contributed by atoms with Gasteiger partial charge in [0.2, 0.25) is 5.91 Å². The highest BCUT2D eigenvalue weighted by Crippen LogP contribution is 2.29. The largest absolute Gasteiger partial charge is 0.467 e. The summed E-state index contributed by atoms with van der Waals surface area (Å²) >= 11 is 5.93. The Morgan fingerprint density at radius 3 is 2.70 bits per heavy atom. The van der Waals surface area contributed by atoms with Crippen molar-refractivity contribution in [3.63, 3.8) is 0 Å². The first-order valence-electron chi connectivity index (χ1n) is 9.86. The lowest BCUT2D eigenvalue weighted by atomic mass is 10.1. The Balaban J connectivity index is 1.42. The predicted octanol–water partition coefficient (Wildman–Crippen LogP) is 3.35. The van der Waals surface area contributed by atoms with Crippen molar-refractivity contribution in [3.05, 3.63) is 82.5 Å². The lowest BCUT2D eigenvalue weighted by Gasteiger charge is -2.27. The third kappa shape index (κ3) is 5.52. The number of hydrogen-bond acceptors (Lipinski definition) is 6. The standard InChI is InChI=1S/C22H19ClFN3O5S/c23-17-9-15(24)5-3-14(17)11-33(30,31)12-20-22(29)27-19-8-13(4-6-18(19)26-20)21(28)25-10-16-2-1-7-32-16/h1-9,20,26H,10-12H2,(H,25,28)(H,27,29). The van der Waals surface area contributed by atoms with Gasteiger partial charge in [0.05, 0.1) is 35.7 Å². The molecule has 0 aliphatic carbocycles. The van der Waals surface area contributed by atoms with E-state index < -0.39 is 39.1 Å². The van der Waals surface area contributed by atoms with Crippen LogP contribution in [-0.2, 0) is 26.9 Å². The fourth-order valence-corrected chi connectivity index (χ4v) is 5.28. The summed E-state index contributed by atoms with van der Waals surface area (Å²) in [5.41, 5.74) is 1.41. The van der Waals surface area contributed by atoms with Crippen LogP contribution in [0.25, 0.3) is 0 Å². The van der Waals surface area contributed by atoms with E-state index in [0.29, 0.717) is 22.7 Å². The highest BCUT2D eigenvalue weighted by molar-refractivity contribution is 7.90. The Kier molecular flexibility index (Phi) is 6.39. The highest BCUT2D eigenvalue weighted by atomic mass is 35.5. The van der Waals surface area contributed by atoms with Crippen molar-refractivity contribution in [1.29, 1.82) is 0 Å². The molecule has 3 aromatic rings. The van der Waals surface area contributed by atoms with Gasteiger partial charge in [0.1, 0.15) is 17.6 Å². The Labute approximate surface area is 194 Å². The van der Waals surface area contributed by atoms with E-state index in [1.807, 2.05) is 0 Å². The average molecular weight is 492 g/mol. The molecular weight excluding hydrogens is 473 g/mol. The van der Waals surface area contributed by atoms with Crippen molar-refractivity contribution >= 4 is 44.6 Å². The van der Waals surface area contributed by atoms with Gasteiger partial charge in [0, 0.05) is 10.6 Å². The molecule has 33 heavy (non-hydrogen) atoms. The van der Waals surface area contributed by atoms with Crippen LogP contribution in [0.5, 0.6) is 0 Å². The van der Waals surface area contributed by atoms with Gasteiger partial charge in [-0.2, -0.15) is 0 Å². The molecule has 0 spiro atoms. The first-order chi connectivity index (χ1) is 15.7. The molecule has 1 aromatic heterocycles. The number of anilines is 2. The number of rotatable bonds is 7. The van der Waals surface area contributed by atoms with E-state index in [4.69, 9.17) is 16.0 Å². The van der Waals surface area contributed by atoms with Crippen LogP contribution in [-0.4, -0.2) is 32.0 Å². The Hall–Kier alpha value is -3.37. The minimum atomic E-state index is -3.76. The van der Waals surface area contributed by atoms with Gasteiger partial charge in [-0.3, -0.25) is 9.59 Å². The zero-order valence-corrected chi connectivity index (χ0v) is 18.7. The van der Waals surface area contributed by atoms with Gasteiger partial charge >= 0.3 is 0 Å². The fraction of sp³-hybridized carbons (Fsp3) is 0.182. The normalized spacial score (nSPS) is 15.3. The number of halogens is 2. The van der Waals surface area contributed by atoms with Gasteiger partial charge in [0.15, 0.2) is 9.84 Å². The summed E-state index contributed by atoms with van der Waals surface area (Å²) in [7, 11) is -3.76. The second-order valence-electron chi connectivity index (χ2n) is 7.50. The summed E-state index contributed by atoms with van der Waals surface area (Å²) in [5.74, 6) is -1.80. The van der Waals surface area contributed by atoms with E-state index in [0.717, 1.165) is 12.1 Å². The SMILES string of the molecule is O=C(NCc1ccco1)c1ccc2c(c1)NC(=O)C(CS(=O)(=O)Cc1ccc(F)cc1Cl)N2. The third-order valence-electron chi connectivity index (χ3n) is 5.00. The van der Waals surface area contributed by atoms with Crippen LogP contribution in [0, 0.1) is 5.82 Å². The zero-order valence-electron chi connectivity index (χ0n) is 17.1. The number of carbonyl (C=O) groups excluding carboxylic acids is 2. The van der Waals surface area contributed by atoms with Crippen molar-refractivity contribution in [3.8, 4) is 0 Å². The van der Waals surface area contributed by atoms with Crippen LogP contribution < -0.4 is 16.0 Å². The molecule has 0 saturated carbocycles. The number of carbonyl (C=O) groups is 2. The van der Waals surface area contributed by atoms with Gasteiger partial charge in [-0.15, -0.1) is 0 Å². The Bertz CT molecular complexity index is 1310. The third-order valence-corrected chi connectivity index (χ3v) is 6.94. The molecule has 1 aliphatic rings. The van der Waals surface area contributed by atoms with Crippen molar-refractivity contribution in [2.24, 2.45) is 0 Å². The molecule has 2 amide bonds. The summed E-state index contributed by atoms with van der Waals surface area (Å²) in [5, 5.41) is 8.26. The maximum absolute atomic E-state index is 13.2. The van der Waals surface area contributed by atoms with Crippen molar-refractivity contribution in [1.82, 2.24) is 5.32 Å². The number of amides is 2. The first kappa shape index (κ1) is 22.8. The van der Waals surface area contributed by atoms with Crippen LogP contribution in [0.15, 0.2) is 59.2 Å². The van der Waals surface area contributed by atoms with E-state index in [-0.39, 0.29) is 23.0 Å². The zero-order chi connectivity index (χ0) is 23.6. The highest BCUT2D eigenvalue weighted by Gasteiger charge is 2.31. The number of sulfone groups is 1. The molecule has 172 valence electrons. The number of furan rings is 1. The molecule has 0 radical (unpaired) electrons. The van der Waals surface area contributed by atoms with Crippen LogP contribution >= 0.6 is 11.6 Å². The molecule has 8 nitrogen and oxygen atoms in total. The molecule has 0 saturated heterocycles. The minimum absolute atomic E-state index is 0.00262. The number of fused-ring (bicyclic) bond motifs is 1. The molecule has 1 aliphatic heterocycles. The Morgan fingerprint density at radius 1 is 1.15 bits per heavy atom. The fourth-order valence-electron chi connectivity index (χ4n) is 3.38. The Morgan fingerprint density at radius 2 is 1.97 bits per heavy atom. The van der Waals surface area contributed by atoms with Gasteiger partial charge in [-0.25, -0.2) is 12.8 Å². The van der Waals surface area contributed by atoms with E-state index in [1.54, 1.807) is 24.3 Å². The van der Waals surface area contributed by atoms with Gasteiger partial charge in [-0.1, -0.05) is 17.7 Å². The molecule has 11 heteroatoms. The maximum Gasteiger partial charge on any atom is 0.251 e. The summed E-state index contributed by atoms with van der Waals surface area (Å²) in [6, 6.07) is 10.5. The molecule has 0 fully saturated rings. The van der Waals surface area contributed by atoms with Crippen molar-refractivity contribution in [2.75, 3.05) is 16.4 Å². The summed E-state index contributed by atoms with van der Waals surface area (Å²) in [6.45, 7) is 0.214. The lowest BCUT2D eigenvalue weighted by Crippen LogP contribution is -2.43. The maximum atomic E-state index is 13.2. The van der Waals surface area contributed by atoms with Crippen LogP contribution in [0.3, 0.4) is 0 Å². The summed E-state index contributed by atoms with van der Waals surface area (Å²) in [6.07, 6.45) is 1.51. The molecule has 3 N–H and O–H groups in total. The van der Waals surface area contributed by atoms with Crippen LogP contribution in [0.1, 0.15) is 21.7 Å². The van der Waals surface area contributed by atoms with Crippen molar-refractivity contribution in [2.45, 2.75) is 18.3 Å². The summed E-state index contributed by atoms with van der Waals surface area (Å²) < 4.78 is 43.7. The van der Waals surface area contributed by atoms with E-state index in [2.05, 4.69) is 16.0 Å². The van der Waals surface area contributed by atoms with Gasteiger partial charge in [-0.05, 0) is 48.0 Å². The lowest BCUT2D eigenvalue weighted by molar-refractivity contribution is -0.116. The second-order valence-corrected chi connectivity index (χ2v) is 10.0. The minimum Gasteiger partial charge on any atom is -0.467 e. The number of benzene rings is 2.